The summed E-state index contributed by atoms with van der Waals surface area (Å²) < 4.78 is 45.3. The number of aromatic nitrogens is 1. The van der Waals surface area contributed by atoms with Gasteiger partial charge in [0.15, 0.2) is 5.78 Å². The van der Waals surface area contributed by atoms with Crippen LogP contribution >= 0.6 is 11.8 Å². The molecule has 1 aromatic heterocycles. The van der Waals surface area contributed by atoms with Crippen molar-refractivity contribution in [3.8, 4) is 0 Å². The van der Waals surface area contributed by atoms with Crippen molar-refractivity contribution < 1.29 is 22.5 Å². The molecule has 1 aliphatic rings. The van der Waals surface area contributed by atoms with E-state index in [1.165, 1.54) is 30.3 Å². The number of hydrogen-bond acceptors (Lipinski definition) is 4. The second-order valence-corrected chi connectivity index (χ2v) is 7.77. The lowest BCUT2D eigenvalue weighted by Gasteiger charge is -2.19. The number of thioether (sulfide) groups is 1. The van der Waals surface area contributed by atoms with Crippen LogP contribution in [0.25, 0.3) is 0 Å². The molecule has 0 amide bonds. The molecular weight excluding hydrogens is 351 g/mol. The van der Waals surface area contributed by atoms with E-state index in [2.05, 4.69) is 5.16 Å². The molecule has 1 atom stereocenters. The molecule has 1 saturated carbocycles. The van der Waals surface area contributed by atoms with Crippen LogP contribution in [0.2, 0.25) is 0 Å². The van der Waals surface area contributed by atoms with Gasteiger partial charge in [0.1, 0.15) is 6.26 Å². The molecule has 0 bridgehead atoms. The molecular formula is C18H18F3NO2S. The lowest BCUT2D eigenvalue weighted by molar-refractivity contribution is -0.138. The summed E-state index contributed by atoms with van der Waals surface area (Å²) in [4.78, 5) is 13.1. The lowest BCUT2D eigenvalue weighted by atomic mass is 9.96. The molecule has 7 heteroatoms. The molecule has 0 radical (unpaired) electrons. The van der Waals surface area contributed by atoms with E-state index in [9.17, 15) is 18.0 Å². The van der Waals surface area contributed by atoms with Gasteiger partial charge in [-0.15, -0.1) is 11.8 Å². The van der Waals surface area contributed by atoms with E-state index < -0.39 is 11.7 Å². The first kappa shape index (κ1) is 18.0. The number of carbonyl (C=O) groups is 1. The predicted molar refractivity (Wildman–Crippen MR) is 89.0 cm³/mol. The number of halogens is 3. The van der Waals surface area contributed by atoms with Gasteiger partial charge >= 0.3 is 6.18 Å². The number of carbonyl (C=O) groups excluding carboxylic acids is 1. The summed E-state index contributed by atoms with van der Waals surface area (Å²) in [5.41, 5.74) is 0.138. The highest BCUT2D eigenvalue weighted by atomic mass is 32.2. The third-order valence-corrected chi connectivity index (χ3v) is 5.64. The molecule has 1 fully saturated rings. The number of hydrogen-bond donors (Lipinski definition) is 0. The number of benzene rings is 1. The SMILES string of the molecule is CCC(C)Sc1cc(C(F)(F)F)c(C2CC2)cc1C(=O)c1cnoc1. The molecule has 2 aromatic rings. The zero-order chi connectivity index (χ0) is 18.2. The summed E-state index contributed by atoms with van der Waals surface area (Å²) in [6.45, 7) is 3.89. The highest BCUT2D eigenvalue weighted by Gasteiger charge is 2.39. The van der Waals surface area contributed by atoms with Crippen LogP contribution < -0.4 is 0 Å². The van der Waals surface area contributed by atoms with Crippen molar-refractivity contribution in [3.63, 3.8) is 0 Å². The Hall–Kier alpha value is -1.76. The van der Waals surface area contributed by atoms with Crippen LogP contribution in [0.1, 0.15) is 66.1 Å². The van der Waals surface area contributed by atoms with Crippen molar-refractivity contribution in [1.82, 2.24) is 5.16 Å². The monoisotopic (exact) mass is 369 g/mol. The fraction of sp³-hybridized carbons (Fsp3) is 0.444. The van der Waals surface area contributed by atoms with Crippen molar-refractivity contribution in [2.24, 2.45) is 0 Å². The molecule has 1 heterocycles. The minimum absolute atomic E-state index is 0.0990. The highest BCUT2D eigenvalue weighted by Crippen LogP contribution is 2.48. The van der Waals surface area contributed by atoms with E-state index >= 15 is 0 Å². The van der Waals surface area contributed by atoms with Crippen LogP contribution in [0, 0.1) is 0 Å². The van der Waals surface area contributed by atoms with Gasteiger partial charge in [-0.25, -0.2) is 0 Å². The van der Waals surface area contributed by atoms with E-state index in [4.69, 9.17) is 4.52 Å². The Morgan fingerprint density at radius 2 is 2.12 bits per heavy atom. The summed E-state index contributed by atoms with van der Waals surface area (Å²) >= 11 is 1.30. The first-order valence-electron chi connectivity index (χ1n) is 8.17. The first-order chi connectivity index (χ1) is 11.8. The zero-order valence-corrected chi connectivity index (χ0v) is 14.7. The van der Waals surface area contributed by atoms with Gasteiger partial charge in [0.2, 0.25) is 0 Å². The Labute approximate surface area is 148 Å². The maximum atomic E-state index is 13.5. The summed E-state index contributed by atoms with van der Waals surface area (Å²) in [5, 5.41) is 3.62. The predicted octanol–water partition coefficient (Wildman–Crippen LogP) is 5.69. The number of rotatable bonds is 6. The van der Waals surface area contributed by atoms with Crippen molar-refractivity contribution in [1.29, 1.82) is 0 Å². The molecule has 0 N–H and O–H groups in total. The smallest absolute Gasteiger partial charge is 0.364 e. The van der Waals surface area contributed by atoms with Crippen LogP contribution in [-0.4, -0.2) is 16.2 Å². The fourth-order valence-corrected chi connectivity index (χ4v) is 3.69. The van der Waals surface area contributed by atoms with Gasteiger partial charge in [0.25, 0.3) is 0 Å². The van der Waals surface area contributed by atoms with Crippen LogP contribution in [0.5, 0.6) is 0 Å². The number of ketones is 1. The third kappa shape index (κ3) is 3.92. The molecule has 25 heavy (non-hydrogen) atoms. The van der Waals surface area contributed by atoms with Gasteiger partial charge in [0.05, 0.1) is 17.3 Å². The average molecular weight is 369 g/mol. The summed E-state index contributed by atoms with van der Waals surface area (Å²) in [6, 6.07) is 2.58. The van der Waals surface area contributed by atoms with Gasteiger partial charge in [-0.2, -0.15) is 13.2 Å². The van der Waals surface area contributed by atoms with Crippen LogP contribution in [0.4, 0.5) is 13.2 Å². The van der Waals surface area contributed by atoms with Crippen LogP contribution in [-0.2, 0) is 6.18 Å². The molecule has 1 unspecified atom stereocenters. The zero-order valence-electron chi connectivity index (χ0n) is 13.9. The van der Waals surface area contributed by atoms with Crippen molar-refractivity contribution in [3.05, 3.63) is 46.8 Å². The molecule has 0 saturated heterocycles. The Morgan fingerprint density at radius 3 is 2.64 bits per heavy atom. The van der Waals surface area contributed by atoms with Gasteiger partial charge in [-0.1, -0.05) is 19.0 Å². The van der Waals surface area contributed by atoms with E-state index in [1.807, 2.05) is 13.8 Å². The van der Waals surface area contributed by atoms with Crippen LogP contribution in [0.3, 0.4) is 0 Å². The van der Waals surface area contributed by atoms with E-state index in [1.54, 1.807) is 0 Å². The normalized spacial score (nSPS) is 16.0. The standard InChI is InChI=1S/C18H18F3NO2S/c1-3-10(2)25-16-7-15(18(19,20)21)13(11-4-5-11)6-14(16)17(23)12-8-22-24-9-12/h6-11H,3-5H2,1-2H3. The molecule has 1 aliphatic carbocycles. The van der Waals surface area contributed by atoms with Crippen molar-refractivity contribution in [2.45, 2.75) is 55.3 Å². The van der Waals surface area contributed by atoms with Crippen molar-refractivity contribution >= 4 is 17.5 Å². The highest BCUT2D eigenvalue weighted by molar-refractivity contribution is 8.00. The Kier molecular flexibility index (Phi) is 4.95. The summed E-state index contributed by atoms with van der Waals surface area (Å²) in [6.07, 6.45) is 0.311. The molecule has 3 rings (SSSR count). The quantitative estimate of drug-likeness (QED) is 0.484. The van der Waals surface area contributed by atoms with Gasteiger partial charge in [0, 0.05) is 15.7 Å². The second-order valence-electron chi connectivity index (χ2n) is 6.29. The summed E-state index contributed by atoms with van der Waals surface area (Å²) in [7, 11) is 0. The largest absolute Gasteiger partial charge is 0.416 e. The van der Waals surface area contributed by atoms with Gasteiger partial charge < -0.3 is 4.52 Å². The first-order valence-corrected chi connectivity index (χ1v) is 9.05. The van der Waals surface area contributed by atoms with E-state index in [-0.39, 0.29) is 28.1 Å². The Balaban J connectivity index is 2.13. The number of nitrogens with zero attached hydrogens (tertiary/aromatic N) is 1. The average Bonchev–Trinajstić information content (AvgIpc) is 3.26. The second kappa shape index (κ2) is 6.86. The summed E-state index contributed by atoms with van der Waals surface area (Å²) in [5.74, 6) is -0.476. The van der Waals surface area contributed by atoms with Gasteiger partial charge in [-0.3, -0.25) is 4.79 Å². The molecule has 1 aromatic carbocycles. The minimum Gasteiger partial charge on any atom is -0.364 e. The third-order valence-electron chi connectivity index (χ3n) is 4.32. The van der Waals surface area contributed by atoms with E-state index in [0.717, 1.165) is 25.3 Å². The molecule has 3 nitrogen and oxygen atoms in total. The topological polar surface area (TPSA) is 43.1 Å². The Morgan fingerprint density at radius 1 is 1.40 bits per heavy atom. The Bertz CT molecular complexity index is 767. The van der Waals surface area contributed by atoms with Gasteiger partial charge in [-0.05, 0) is 42.9 Å². The van der Waals surface area contributed by atoms with E-state index in [0.29, 0.717) is 10.5 Å². The maximum Gasteiger partial charge on any atom is 0.416 e. The van der Waals surface area contributed by atoms with Crippen LogP contribution in [0.15, 0.2) is 34.0 Å². The fourth-order valence-electron chi connectivity index (χ4n) is 2.62. The maximum absolute atomic E-state index is 13.5. The number of alkyl halides is 3. The lowest BCUT2D eigenvalue weighted by Crippen LogP contribution is -2.13. The minimum atomic E-state index is -4.43. The molecule has 0 spiro atoms. The molecule has 134 valence electrons. The molecule has 0 aliphatic heterocycles. The van der Waals surface area contributed by atoms with Crippen molar-refractivity contribution in [2.75, 3.05) is 0 Å².